The van der Waals surface area contributed by atoms with Crippen LogP contribution in [-0.4, -0.2) is 23.0 Å². The Kier molecular flexibility index (Phi) is 6.87. The summed E-state index contributed by atoms with van der Waals surface area (Å²) in [5.41, 5.74) is -0.251. The Morgan fingerprint density at radius 1 is 1.19 bits per heavy atom. The van der Waals surface area contributed by atoms with Crippen LogP contribution in [0.15, 0.2) is 0 Å². The van der Waals surface area contributed by atoms with E-state index in [0.717, 1.165) is 18.7 Å². The molecule has 0 radical (unpaired) electrons. The van der Waals surface area contributed by atoms with Gasteiger partial charge < -0.3 is 5.32 Å². The Morgan fingerprint density at radius 3 is 2.19 bits per heavy atom. The van der Waals surface area contributed by atoms with Crippen LogP contribution in [0, 0.1) is 5.41 Å². The lowest BCUT2D eigenvalue weighted by molar-refractivity contribution is -0.129. The van der Waals surface area contributed by atoms with Crippen molar-refractivity contribution >= 4 is 27.5 Å². The highest BCUT2D eigenvalue weighted by atomic mass is 33.1. The largest absolute Gasteiger partial charge is 0.354 e. The third kappa shape index (κ3) is 6.04. The molecule has 0 saturated carbocycles. The van der Waals surface area contributed by atoms with E-state index in [1.165, 1.54) is 0 Å². The van der Waals surface area contributed by atoms with E-state index < -0.39 is 0 Å². The van der Waals surface area contributed by atoms with Gasteiger partial charge >= 0.3 is 0 Å². The molecule has 2 nitrogen and oxygen atoms in total. The van der Waals surface area contributed by atoms with Crippen molar-refractivity contribution in [1.82, 2.24) is 5.32 Å². The van der Waals surface area contributed by atoms with Crippen LogP contribution in [0.4, 0.5) is 0 Å². The van der Waals surface area contributed by atoms with Crippen LogP contribution >= 0.6 is 21.6 Å². The van der Waals surface area contributed by atoms with Gasteiger partial charge in [0.15, 0.2) is 0 Å². The summed E-state index contributed by atoms with van der Waals surface area (Å²) in [5.74, 6) is 1.26. The van der Waals surface area contributed by atoms with E-state index >= 15 is 0 Å². The zero-order chi connectivity index (χ0) is 12.8. The van der Waals surface area contributed by atoms with Gasteiger partial charge in [0.25, 0.3) is 0 Å². The Hall–Kier alpha value is 0.170. The minimum atomic E-state index is -0.251. The van der Waals surface area contributed by atoms with Crippen molar-refractivity contribution in [3.05, 3.63) is 0 Å². The fourth-order valence-electron chi connectivity index (χ4n) is 0.941. The fraction of sp³-hybridized carbons (Fsp3) is 0.917. The lowest BCUT2D eigenvalue weighted by Crippen LogP contribution is -2.42. The Bertz CT molecular complexity index is 227. The lowest BCUT2D eigenvalue weighted by Gasteiger charge is -2.27. The maximum Gasteiger partial charge on any atom is 0.225 e. The van der Waals surface area contributed by atoms with Crippen molar-refractivity contribution in [3.63, 3.8) is 0 Å². The molecule has 1 N–H and O–H groups in total. The molecule has 0 aromatic heterocycles. The average Bonchev–Trinajstić information content (AvgIpc) is 2.23. The topological polar surface area (TPSA) is 29.1 Å². The molecule has 1 amide bonds. The molecule has 4 heteroatoms. The van der Waals surface area contributed by atoms with Crippen molar-refractivity contribution in [2.24, 2.45) is 5.41 Å². The summed E-state index contributed by atoms with van der Waals surface area (Å²) in [4.78, 5) is 11.9. The van der Waals surface area contributed by atoms with Gasteiger partial charge in [-0.3, -0.25) is 4.79 Å². The molecule has 0 aromatic rings. The van der Waals surface area contributed by atoms with Crippen LogP contribution in [0.2, 0.25) is 0 Å². The molecule has 0 bridgehead atoms. The summed E-state index contributed by atoms with van der Waals surface area (Å²) >= 11 is 0. The molecule has 0 aliphatic carbocycles. The number of carbonyl (C=O) groups is 1. The van der Waals surface area contributed by atoms with Crippen molar-refractivity contribution in [1.29, 1.82) is 0 Å². The molecule has 0 atom stereocenters. The molecule has 0 aliphatic heterocycles. The zero-order valence-electron chi connectivity index (χ0n) is 11.3. The number of hydrogen-bond donors (Lipinski definition) is 1. The summed E-state index contributed by atoms with van der Waals surface area (Å²) in [7, 11) is 3.69. The minimum Gasteiger partial charge on any atom is -0.354 e. The molecule has 0 aromatic carbocycles. The van der Waals surface area contributed by atoms with E-state index in [0.29, 0.717) is 0 Å². The van der Waals surface area contributed by atoms with Gasteiger partial charge in [-0.25, -0.2) is 0 Å². The molecule has 0 fully saturated rings. The van der Waals surface area contributed by atoms with Gasteiger partial charge in [0.2, 0.25) is 5.91 Å². The number of amides is 1. The van der Waals surface area contributed by atoms with E-state index in [9.17, 15) is 4.79 Å². The Balaban J connectivity index is 4.09. The Labute approximate surface area is 108 Å². The monoisotopic (exact) mass is 263 g/mol. The maximum absolute atomic E-state index is 11.9. The van der Waals surface area contributed by atoms with Crippen LogP contribution in [0.1, 0.15) is 48.0 Å². The predicted molar refractivity (Wildman–Crippen MR) is 76.9 cm³/mol. The van der Waals surface area contributed by atoms with Gasteiger partial charge in [-0.1, -0.05) is 49.3 Å². The normalized spacial score (nSPS) is 12.6. The van der Waals surface area contributed by atoms with Gasteiger partial charge in [-0.05, 0) is 20.3 Å². The first-order valence-corrected chi connectivity index (χ1v) is 8.16. The van der Waals surface area contributed by atoms with Crippen molar-refractivity contribution in [2.75, 3.05) is 12.3 Å². The minimum absolute atomic E-state index is 0.0974. The summed E-state index contributed by atoms with van der Waals surface area (Å²) in [5, 5.41) is 3.05. The molecule has 0 spiro atoms. The maximum atomic E-state index is 11.9. The van der Waals surface area contributed by atoms with E-state index in [4.69, 9.17) is 0 Å². The number of carbonyl (C=O) groups excluding carboxylic acids is 1. The lowest BCUT2D eigenvalue weighted by atomic mass is 9.89. The smallest absolute Gasteiger partial charge is 0.225 e. The van der Waals surface area contributed by atoms with Crippen molar-refractivity contribution in [2.45, 2.75) is 52.7 Å². The average molecular weight is 263 g/mol. The van der Waals surface area contributed by atoms with Crippen LogP contribution in [0.3, 0.4) is 0 Å². The van der Waals surface area contributed by atoms with Crippen molar-refractivity contribution < 1.29 is 4.79 Å². The van der Waals surface area contributed by atoms with E-state index in [2.05, 4.69) is 26.1 Å². The van der Waals surface area contributed by atoms with Crippen LogP contribution in [0.5, 0.6) is 0 Å². The second-order valence-corrected chi connectivity index (χ2v) is 8.46. The van der Waals surface area contributed by atoms with E-state index in [1.54, 1.807) is 0 Å². The van der Waals surface area contributed by atoms with Gasteiger partial charge in [0, 0.05) is 22.5 Å². The highest BCUT2D eigenvalue weighted by Gasteiger charge is 2.27. The highest BCUT2D eigenvalue weighted by molar-refractivity contribution is 8.77. The van der Waals surface area contributed by atoms with Gasteiger partial charge in [0.1, 0.15) is 0 Å². The molecular weight excluding hydrogens is 238 g/mol. The van der Waals surface area contributed by atoms with E-state index in [1.807, 2.05) is 42.4 Å². The number of nitrogens with one attached hydrogen (secondary N) is 1. The predicted octanol–water partition coefficient (Wildman–Crippen LogP) is 3.72. The quantitative estimate of drug-likeness (QED) is 0.710. The Morgan fingerprint density at radius 2 is 1.75 bits per heavy atom. The third-order valence-corrected chi connectivity index (χ3v) is 5.94. The highest BCUT2D eigenvalue weighted by Crippen LogP contribution is 2.34. The molecule has 0 unspecified atom stereocenters. The molecule has 0 saturated heterocycles. The van der Waals surface area contributed by atoms with Crippen LogP contribution in [-0.2, 0) is 4.79 Å². The molecule has 96 valence electrons. The summed E-state index contributed by atoms with van der Waals surface area (Å²) in [6.45, 7) is 13.2. The molecule has 16 heavy (non-hydrogen) atoms. The van der Waals surface area contributed by atoms with Crippen molar-refractivity contribution in [3.8, 4) is 0 Å². The standard InChI is InChI=1S/C12H25NOS2/c1-7-11(3,4)10(14)13-9-12(5,6)16-15-8-2/h7-9H2,1-6H3,(H,13,14). The van der Waals surface area contributed by atoms with Crippen LogP contribution in [0.25, 0.3) is 0 Å². The third-order valence-electron chi connectivity index (χ3n) is 2.58. The number of hydrogen-bond acceptors (Lipinski definition) is 3. The number of rotatable bonds is 7. The zero-order valence-corrected chi connectivity index (χ0v) is 13.0. The van der Waals surface area contributed by atoms with E-state index in [-0.39, 0.29) is 16.1 Å². The summed E-state index contributed by atoms with van der Waals surface area (Å²) < 4.78 is 0.0974. The summed E-state index contributed by atoms with van der Waals surface area (Å²) in [6.07, 6.45) is 0.871. The first-order chi connectivity index (χ1) is 7.25. The SMILES string of the molecule is CCSSC(C)(C)CNC(=O)C(C)(C)CC. The first kappa shape index (κ1) is 16.2. The van der Waals surface area contributed by atoms with Crippen LogP contribution < -0.4 is 5.32 Å². The van der Waals surface area contributed by atoms with Gasteiger partial charge in [-0.15, -0.1) is 0 Å². The van der Waals surface area contributed by atoms with Gasteiger partial charge in [-0.2, -0.15) is 0 Å². The second kappa shape index (κ2) is 6.80. The second-order valence-electron chi connectivity index (χ2n) is 5.17. The molecular formula is C12H25NOS2. The summed E-state index contributed by atoms with van der Waals surface area (Å²) in [6, 6.07) is 0. The first-order valence-electron chi connectivity index (χ1n) is 5.84. The molecule has 0 aliphatic rings. The molecule has 0 rings (SSSR count). The molecule has 0 heterocycles. The van der Waals surface area contributed by atoms with Gasteiger partial charge in [0.05, 0.1) is 0 Å². The fourth-order valence-corrected chi connectivity index (χ4v) is 3.00.